The highest BCUT2D eigenvalue weighted by molar-refractivity contribution is 7.15. The molecule has 0 saturated heterocycles. The number of aromatic nitrogens is 5. The minimum absolute atomic E-state index is 0.0475. The average molecular weight is 476 g/mol. The number of alkyl halides is 4. The molecule has 0 aliphatic heterocycles. The average Bonchev–Trinajstić information content (AvgIpc) is 3.30. The molecule has 2 aromatic heterocycles. The Balaban J connectivity index is 1.50. The minimum Gasteiger partial charge on any atom is -0.406 e. The molecule has 1 atom stereocenters. The van der Waals surface area contributed by atoms with E-state index in [4.69, 9.17) is 0 Å². The molecule has 3 aromatic rings. The summed E-state index contributed by atoms with van der Waals surface area (Å²) in [6.45, 7) is 1.79. The first-order valence-corrected chi connectivity index (χ1v) is 10.1. The van der Waals surface area contributed by atoms with Gasteiger partial charge in [0, 0.05) is 18.2 Å². The maximum Gasteiger partial charge on any atom is 0.573 e. The second-order valence-corrected chi connectivity index (χ2v) is 7.81. The minimum atomic E-state index is -4.94. The zero-order valence-corrected chi connectivity index (χ0v) is 17.4. The van der Waals surface area contributed by atoms with E-state index in [9.17, 15) is 26.7 Å². The lowest BCUT2D eigenvalue weighted by molar-refractivity contribution is -0.274. The summed E-state index contributed by atoms with van der Waals surface area (Å²) in [6.07, 6.45) is -4.62. The molecule has 14 heteroatoms. The summed E-state index contributed by atoms with van der Waals surface area (Å²) in [5.74, 6) is -2.20. The van der Waals surface area contributed by atoms with Crippen molar-refractivity contribution in [3.63, 3.8) is 0 Å². The van der Waals surface area contributed by atoms with Crippen molar-refractivity contribution < 1.29 is 31.5 Å². The Labute approximate surface area is 182 Å². The number of hydrogen-bond donors (Lipinski definition) is 1. The molecule has 0 bridgehead atoms. The molecule has 2 heterocycles. The quantitative estimate of drug-likeness (QED) is 0.474. The van der Waals surface area contributed by atoms with Crippen LogP contribution in [0.3, 0.4) is 0 Å². The van der Waals surface area contributed by atoms with Gasteiger partial charge in [-0.05, 0) is 31.5 Å². The number of nitrogens with one attached hydrogen (secondary N) is 1. The largest absolute Gasteiger partial charge is 0.573 e. The van der Waals surface area contributed by atoms with E-state index in [2.05, 4.69) is 30.6 Å². The molecule has 3 rings (SSSR count). The number of ether oxygens (including phenoxy) is 1. The Morgan fingerprint density at radius 1 is 1.28 bits per heavy atom. The second kappa shape index (κ2) is 9.97. The van der Waals surface area contributed by atoms with Crippen molar-refractivity contribution >= 4 is 22.4 Å². The topological polar surface area (TPSA) is 94.8 Å². The van der Waals surface area contributed by atoms with Crippen LogP contribution in [0.4, 0.5) is 27.1 Å². The smallest absolute Gasteiger partial charge is 0.406 e. The number of rotatable bonds is 9. The number of carbonyl (C=O) groups excluding carboxylic acids is 1. The molecule has 0 spiro atoms. The predicted octanol–water partition coefficient (Wildman–Crippen LogP) is 3.63. The molecule has 0 aliphatic carbocycles. The first kappa shape index (κ1) is 23.5. The molecule has 172 valence electrons. The van der Waals surface area contributed by atoms with Gasteiger partial charge in [-0.3, -0.25) is 4.79 Å². The first-order valence-electron chi connectivity index (χ1n) is 9.24. The molecule has 1 unspecified atom stereocenters. The Morgan fingerprint density at radius 2 is 2.06 bits per heavy atom. The maximum absolute atomic E-state index is 14.1. The van der Waals surface area contributed by atoms with Gasteiger partial charge in [-0.1, -0.05) is 16.6 Å². The molecule has 8 nitrogen and oxygen atoms in total. The number of aryl methyl sites for hydroxylation is 2. The molecule has 0 saturated carbocycles. The summed E-state index contributed by atoms with van der Waals surface area (Å²) in [7, 11) is 0. The van der Waals surface area contributed by atoms with E-state index in [0.717, 1.165) is 29.5 Å². The van der Waals surface area contributed by atoms with E-state index in [1.165, 1.54) is 4.68 Å². The van der Waals surface area contributed by atoms with Crippen molar-refractivity contribution in [2.24, 2.45) is 0 Å². The molecule has 32 heavy (non-hydrogen) atoms. The SMILES string of the molecule is Cc1cn(CC(F)CCc2nnc(NC(=O)Cc3cc(OC(F)(F)F)ccc3F)s2)nn1. The Hall–Kier alpha value is -3.16. The summed E-state index contributed by atoms with van der Waals surface area (Å²) in [6, 6.07) is 2.39. The van der Waals surface area contributed by atoms with Crippen molar-refractivity contribution in [3.8, 4) is 5.75 Å². The fourth-order valence-corrected chi connectivity index (χ4v) is 3.46. The van der Waals surface area contributed by atoms with Crippen LogP contribution in [-0.2, 0) is 24.2 Å². The van der Waals surface area contributed by atoms with Crippen LogP contribution in [0.25, 0.3) is 0 Å². The van der Waals surface area contributed by atoms with Crippen LogP contribution in [-0.4, -0.2) is 43.6 Å². The highest BCUT2D eigenvalue weighted by Gasteiger charge is 2.31. The lowest BCUT2D eigenvalue weighted by Crippen LogP contribution is -2.18. The number of hydrogen-bond acceptors (Lipinski definition) is 7. The molecule has 0 aliphatic rings. The van der Waals surface area contributed by atoms with Crippen LogP contribution in [0.5, 0.6) is 5.75 Å². The third-order valence-corrected chi connectivity index (χ3v) is 4.92. The van der Waals surface area contributed by atoms with E-state index < -0.39 is 36.4 Å². The van der Waals surface area contributed by atoms with Gasteiger partial charge in [-0.15, -0.1) is 28.5 Å². The molecule has 0 radical (unpaired) electrons. The lowest BCUT2D eigenvalue weighted by atomic mass is 10.1. The summed E-state index contributed by atoms with van der Waals surface area (Å²) in [5, 5.41) is 18.2. The van der Waals surface area contributed by atoms with Gasteiger partial charge in [-0.25, -0.2) is 13.5 Å². The third kappa shape index (κ3) is 7.21. The fourth-order valence-electron chi connectivity index (χ4n) is 2.68. The standard InChI is InChI=1S/C18H17F5N6O2S/c1-10-8-29(28-25-10)9-12(19)2-5-16-26-27-17(32-16)24-15(30)7-11-6-13(3-4-14(11)20)31-18(21,22)23/h3-4,6,8,12H,2,5,7,9H2,1H3,(H,24,27,30). The molecular weight excluding hydrogens is 459 g/mol. The van der Waals surface area contributed by atoms with Gasteiger partial charge in [0.25, 0.3) is 0 Å². The Morgan fingerprint density at radius 3 is 2.75 bits per heavy atom. The number of nitrogens with zero attached hydrogens (tertiary/aromatic N) is 5. The van der Waals surface area contributed by atoms with Crippen LogP contribution in [0.1, 0.15) is 22.7 Å². The van der Waals surface area contributed by atoms with E-state index in [-0.39, 0.29) is 30.1 Å². The number of benzene rings is 1. The second-order valence-electron chi connectivity index (χ2n) is 6.74. The summed E-state index contributed by atoms with van der Waals surface area (Å²) >= 11 is 1.02. The zero-order valence-electron chi connectivity index (χ0n) is 16.6. The van der Waals surface area contributed by atoms with Gasteiger partial charge in [-0.2, -0.15) is 0 Å². The monoisotopic (exact) mass is 476 g/mol. The van der Waals surface area contributed by atoms with E-state index in [0.29, 0.717) is 10.7 Å². The summed E-state index contributed by atoms with van der Waals surface area (Å²) in [4.78, 5) is 12.1. The van der Waals surface area contributed by atoms with Crippen LogP contribution in [0, 0.1) is 12.7 Å². The lowest BCUT2D eigenvalue weighted by Gasteiger charge is -2.10. The van der Waals surface area contributed by atoms with Crippen molar-refractivity contribution in [3.05, 3.63) is 46.5 Å². The van der Waals surface area contributed by atoms with Gasteiger partial charge in [0.05, 0.1) is 18.7 Å². The first-order chi connectivity index (χ1) is 15.1. The van der Waals surface area contributed by atoms with E-state index in [1.807, 2.05) is 0 Å². The van der Waals surface area contributed by atoms with Gasteiger partial charge in [0.15, 0.2) is 0 Å². The molecule has 0 fully saturated rings. The van der Waals surface area contributed by atoms with E-state index in [1.54, 1.807) is 13.1 Å². The molecule has 1 aromatic carbocycles. The highest BCUT2D eigenvalue weighted by atomic mass is 32.1. The predicted molar refractivity (Wildman–Crippen MR) is 103 cm³/mol. The number of anilines is 1. The van der Waals surface area contributed by atoms with Crippen molar-refractivity contribution in [2.45, 2.75) is 45.3 Å². The third-order valence-electron chi connectivity index (χ3n) is 4.02. The summed E-state index contributed by atoms with van der Waals surface area (Å²) in [5.41, 5.74) is 0.402. The van der Waals surface area contributed by atoms with Crippen molar-refractivity contribution in [2.75, 3.05) is 5.32 Å². The molecule has 1 amide bonds. The van der Waals surface area contributed by atoms with E-state index >= 15 is 0 Å². The number of carbonyl (C=O) groups is 1. The van der Waals surface area contributed by atoms with Gasteiger partial charge in [0.1, 0.15) is 22.7 Å². The Bertz CT molecular complexity index is 1070. The summed E-state index contributed by atoms with van der Waals surface area (Å²) < 4.78 is 70.0. The van der Waals surface area contributed by atoms with Crippen LogP contribution < -0.4 is 10.1 Å². The highest BCUT2D eigenvalue weighted by Crippen LogP contribution is 2.25. The van der Waals surface area contributed by atoms with Crippen LogP contribution in [0.2, 0.25) is 0 Å². The maximum atomic E-state index is 14.1. The van der Waals surface area contributed by atoms with Crippen molar-refractivity contribution in [1.82, 2.24) is 25.2 Å². The van der Waals surface area contributed by atoms with Gasteiger partial charge < -0.3 is 10.1 Å². The molecule has 1 N–H and O–H groups in total. The molecular formula is C18H17F5N6O2S. The van der Waals surface area contributed by atoms with Crippen LogP contribution >= 0.6 is 11.3 Å². The fraction of sp³-hybridized carbons (Fsp3) is 0.389. The van der Waals surface area contributed by atoms with Gasteiger partial charge >= 0.3 is 6.36 Å². The zero-order chi connectivity index (χ0) is 23.3. The van der Waals surface area contributed by atoms with Crippen LogP contribution in [0.15, 0.2) is 24.4 Å². The number of amides is 1. The van der Waals surface area contributed by atoms with Gasteiger partial charge in [0.2, 0.25) is 11.0 Å². The number of halogens is 5. The normalized spacial score (nSPS) is 12.6. The Kier molecular flexibility index (Phi) is 7.33. The van der Waals surface area contributed by atoms with Crippen molar-refractivity contribution in [1.29, 1.82) is 0 Å².